The lowest BCUT2D eigenvalue weighted by molar-refractivity contribution is 0.584. The Kier molecular flexibility index (Phi) is 4.19. The van der Waals surface area contributed by atoms with Crippen molar-refractivity contribution in [2.45, 2.75) is 6.54 Å². The molecule has 0 N–H and O–H groups in total. The highest BCUT2D eigenvalue weighted by Crippen LogP contribution is 2.19. The largest absolute Gasteiger partial charge is 0.336 e. The summed E-state index contributed by atoms with van der Waals surface area (Å²) in [5.41, 5.74) is -0.971. The molecule has 4 rings (SSSR count). The second-order valence-electron chi connectivity index (χ2n) is 5.87. The van der Waals surface area contributed by atoms with Gasteiger partial charge in [0.2, 0.25) is 0 Å². The molecule has 0 radical (unpaired) electrons. The van der Waals surface area contributed by atoms with E-state index < -0.39 is 34.4 Å². The average Bonchev–Trinajstić information content (AvgIpc) is 3.13. The number of fused-ring (bicyclic) bond motifs is 1. The monoisotopic (exact) mass is 388 g/mol. The van der Waals surface area contributed by atoms with Gasteiger partial charge >= 0.3 is 5.69 Å². The van der Waals surface area contributed by atoms with Gasteiger partial charge in [-0.25, -0.2) is 22.5 Å². The van der Waals surface area contributed by atoms with Gasteiger partial charge in [0.1, 0.15) is 22.2 Å². The maximum Gasteiger partial charge on any atom is 0.336 e. The van der Waals surface area contributed by atoms with Crippen molar-refractivity contribution in [1.29, 1.82) is 0 Å². The highest BCUT2D eigenvalue weighted by Gasteiger charge is 2.18. The van der Waals surface area contributed by atoms with Crippen LogP contribution in [0.15, 0.2) is 63.5 Å². The van der Waals surface area contributed by atoms with Crippen LogP contribution in [0.5, 0.6) is 0 Å². The predicted molar refractivity (Wildman–Crippen MR) is 97.1 cm³/mol. The number of halogens is 3. The topological polar surface area (TPSA) is 44.0 Å². The summed E-state index contributed by atoms with van der Waals surface area (Å²) in [6, 6.07) is 9.72. The quantitative estimate of drug-likeness (QED) is 0.537. The van der Waals surface area contributed by atoms with Crippen LogP contribution in [-0.2, 0) is 6.54 Å². The fraction of sp³-hybridized carbons (Fsp3) is 0.0526. The summed E-state index contributed by atoms with van der Waals surface area (Å²) in [5.74, 6) is -2.08. The molecule has 8 heteroatoms. The van der Waals surface area contributed by atoms with E-state index in [0.717, 1.165) is 29.5 Å². The zero-order valence-electron chi connectivity index (χ0n) is 13.7. The average molecular weight is 388 g/mol. The van der Waals surface area contributed by atoms with E-state index in [1.807, 2.05) is 0 Å². The SMILES string of the molecule is O=c1c2sccc2n(Cc2ccc(F)cc2)c(=O)n1-c1cc(F)ccc1F. The number of benzene rings is 2. The van der Waals surface area contributed by atoms with Crippen LogP contribution in [0.3, 0.4) is 0 Å². The Morgan fingerprint density at radius 1 is 0.889 bits per heavy atom. The van der Waals surface area contributed by atoms with Crippen LogP contribution in [0.4, 0.5) is 13.2 Å². The van der Waals surface area contributed by atoms with Gasteiger partial charge < -0.3 is 0 Å². The minimum absolute atomic E-state index is 0.0452. The summed E-state index contributed by atoms with van der Waals surface area (Å²) in [6.07, 6.45) is 0. The van der Waals surface area contributed by atoms with Gasteiger partial charge in [-0.1, -0.05) is 12.1 Å². The first-order chi connectivity index (χ1) is 13.0. The van der Waals surface area contributed by atoms with Gasteiger partial charge in [-0.3, -0.25) is 9.36 Å². The van der Waals surface area contributed by atoms with E-state index in [1.54, 1.807) is 11.4 Å². The summed E-state index contributed by atoms with van der Waals surface area (Å²) >= 11 is 1.10. The zero-order chi connectivity index (χ0) is 19.1. The van der Waals surface area contributed by atoms with Gasteiger partial charge in [-0.15, -0.1) is 11.3 Å². The molecule has 0 aliphatic carbocycles. The van der Waals surface area contributed by atoms with Gasteiger partial charge in [0.25, 0.3) is 5.56 Å². The number of hydrogen-bond donors (Lipinski definition) is 0. The van der Waals surface area contributed by atoms with Crippen molar-refractivity contribution in [2.75, 3.05) is 0 Å². The van der Waals surface area contributed by atoms with Gasteiger partial charge in [-0.2, -0.15) is 0 Å². The van der Waals surface area contributed by atoms with E-state index in [2.05, 4.69) is 0 Å². The number of rotatable bonds is 3. The fourth-order valence-corrected chi connectivity index (χ4v) is 3.71. The molecular weight excluding hydrogens is 377 g/mol. The minimum Gasteiger partial charge on any atom is -0.288 e. The van der Waals surface area contributed by atoms with E-state index in [-0.39, 0.29) is 11.2 Å². The lowest BCUT2D eigenvalue weighted by atomic mass is 10.2. The third-order valence-corrected chi connectivity index (χ3v) is 5.05. The standard InChI is InChI=1S/C19H11F3N2O2S/c20-12-3-1-11(2-4-12)10-23-15-7-8-27-17(15)18(25)24(19(23)26)16-9-13(21)5-6-14(16)22/h1-9H,10H2. The molecule has 0 spiro atoms. The van der Waals surface area contributed by atoms with Gasteiger partial charge in [0.15, 0.2) is 0 Å². The third kappa shape index (κ3) is 2.97. The van der Waals surface area contributed by atoms with Gasteiger partial charge in [-0.05, 0) is 41.3 Å². The van der Waals surface area contributed by atoms with Crippen LogP contribution in [0, 0.1) is 17.5 Å². The van der Waals surface area contributed by atoms with Gasteiger partial charge in [0, 0.05) is 6.07 Å². The molecule has 2 aromatic heterocycles. The molecule has 0 atom stereocenters. The molecule has 0 fully saturated rings. The molecule has 4 nitrogen and oxygen atoms in total. The highest BCUT2D eigenvalue weighted by molar-refractivity contribution is 7.17. The van der Waals surface area contributed by atoms with Crippen LogP contribution in [0.1, 0.15) is 5.56 Å². The molecule has 27 heavy (non-hydrogen) atoms. The third-order valence-electron chi connectivity index (χ3n) is 4.16. The first-order valence-electron chi connectivity index (χ1n) is 7.88. The summed E-state index contributed by atoms with van der Waals surface area (Å²) in [6.45, 7) is 0.0452. The molecular formula is C19H11F3N2O2S. The smallest absolute Gasteiger partial charge is 0.288 e. The van der Waals surface area contributed by atoms with E-state index >= 15 is 0 Å². The van der Waals surface area contributed by atoms with E-state index in [0.29, 0.717) is 15.6 Å². The normalized spacial score (nSPS) is 11.2. The van der Waals surface area contributed by atoms with Crippen LogP contribution in [0.2, 0.25) is 0 Å². The number of aromatic nitrogens is 2. The highest BCUT2D eigenvalue weighted by atomic mass is 32.1. The summed E-state index contributed by atoms with van der Waals surface area (Å²) in [7, 11) is 0. The van der Waals surface area contributed by atoms with Gasteiger partial charge in [0.05, 0.1) is 17.7 Å². The molecule has 0 unspecified atom stereocenters. The summed E-state index contributed by atoms with van der Waals surface area (Å²) in [4.78, 5) is 25.7. The molecule has 0 saturated carbocycles. The zero-order valence-corrected chi connectivity index (χ0v) is 14.5. The van der Waals surface area contributed by atoms with E-state index in [9.17, 15) is 22.8 Å². The molecule has 2 heterocycles. The van der Waals surface area contributed by atoms with Crippen molar-refractivity contribution in [1.82, 2.24) is 9.13 Å². The molecule has 0 bridgehead atoms. The Bertz CT molecular complexity index is 1270. The second-order valence-corrected chi connectivity index (χ2v) is 6.78. The Morgan fingerprint density at radius 3 is 2.33 bits per heavy atom. The van der Waals surface area contributed by atoms with Crippen LogP contribution in [0.25, 0.3) is 15.9 Å². The lowest BCUT2D eigenvalue weighted by Gasteiger charge is -2.13. The Balaban J connectivity index is 2.01. The Hall–Kier alpha value is -3.13. The maximum absolute atomic E-state index is 14.2. The minimum atomic E-state index is -0.889. The molecule has 0 saturated heterocycles. The molecule has 2 aromatic carbocycles. The number of hydrogen-bond acceptors (Lipinski definition) is 3. The maximum atomic E-state index is 14.2. The Labute approximate surface area is 154 Å². The molecule has 0 amide bonds. The van der Waals surface area contributed by atoms with Crippen molar-refractivity contribution in [3.05, 3.63) is 97.8 Å². The Morgan fingerprint density at radius 2 is 1.59 bits per heavy atom. The van der Waals surface area contributed by atoms with Crippen LogP contribution < -0.4 is 11.2 Å². The van der Waals surface area contributed by atoms with Crippen molar-refractivity contribution < 1.29 is 13.2 Å². The van der Waals surface area contributed by atoms with Crippen molar-refractivity contribution in [3.8, 4) is 5.69 Å². The fourth-order valence-electron chi connectivity index (χ4n) is 2.88. The summed E-state index contributed by atoms with van der Waals surface area (Å²) < 4.78 is 43.1. The first-order valence-corrected chi connectivity index (χ1v) is 8.76. The van der Waals surface area contributed by atoms with Crippen molar-refractivity contribution in [2.24, 2.45) is 0 Å². The van der Waals surface area contributed by atoms with Crippen molar-refractivity contribution >= 4 is 21.6 Å². The van der Waals surface area contributed by atoms with E-state index in [4.69, 9.17) is 0 Å². The van der Waals surface area contributed by atoms with E-state index in [1.165, 1.54) is 28.8 Å². The number of thiophene rings is 1. The molecule has 136 valence electrons. The van der Waals surface area contributed by atoms with Crippen LogP contribution in [-0.4, -0.2) is 9.13 Å². The molecule has 4 aromatic rings. The molecule has 0 aliphatic heterocycles. The lowest BCUT2D eigenvalue weighted by Crippen LogP contribution is -2.39. The summed E-state index contributed by atoms with van der Waals surface area (Å²) in [5, 5.41) is 1.64. The second kappa shape index (κ2) is 6.55. The number of nitrogens with zero attached hydrogens (tertiary/aromatic N) is 2. The molecule has 0 aliphatic rings. The first kappa shape index (κ1) is 17.3. The van der Waals surface area contributed by atoms with Crippen molar-refractivity contribution in [3.63, 3.8) is 0 Å². The predicted octanol–water partition coefficient (Wildman–Crippen LogP) is 3.68. The van der Waals surface area contributed by atoms with Crippen LogP contribution >= 0.6 is 11.3 Å².